The van der Waals surface area contributed by atoms with E-state index < -0.39 is 16.1 Å². The monoisotopic (exact) mass is 440 g/mol. The zero-order valence-electron chi connectivity index (χ0n) is 15.6. The zero-order chi connectivity index (χ0) is 21.1. The van der Waals surface area contributed by atoms with Crippen molar-refractivity contribution in [1.82, 2.24) is 4.98 Å². The molecule has 0 aliphatic carbocycles. The molecule has 8 nitrogen and oxygen atoms in total. The van der Waals surface area contributed by atoms with Crippen molar-refractivity contribution in [2.45, 2.75) is 17.4 Å². The van der Waals surface area contributed by atoms with Gasteiger partial charge >= 0.3 is 0 Å². The van der Waals surface area contributed by atoms with Crippen molar-refractivity contribution in [3.05, 3.63) is 65.7 Å². The van der Waals surface area contributed by atoms with Crippen LogP contribution in [-0.2, 0) is 14.8 Å². The number of rotatable bonds is 6. The van der Waals surface area contributed by atoms with E-state index in [1.165, 1.54) is 29.7 Å². The number of hydrogen-bond acceptors (Lipinski definition) is 7. The topological polar surface area (TPSA) is 112 Å². The number of thiazole rings is 1. The summed E-state index contributed by atoms with van der Waals surface area (Å²) in [6.45, 7) is 0.462. The molecule has 4 rings (SSSR count). The minimum atomic E-state index is -3.75. The number of aromatic nitrogens is 1. The minimum Gasteiger partial charge on any atom is -0.481 e. The first-order valence-electron chi connectivity index (χ1n) is 8.97. The Morgan fingerprint density at radius 3 is 2.53 bits per heavy atom. The van der Waals surface area contributed by atoms with E-state index in [9.17, 15) is 13.2 Å². The average Bonchev–Trinajstić information content (AvgIpc) is 3.38. The summed E-state index contributed by atoms with van der Waals surface area (Å²) in [6, 6.07) is 14.7. The lowest BCUT2D eigenvalue weighted by Crippen LogP contribution is -2.32. The van der Waals surface area contributed by atoms with Crippen LogP contribution in [0.15, 0.2) is 65.0 Å². The first-order valence-corrected chi connectivity index (χ1v) is 11.3. The molecule has 1 saturated heterocycles. The summed E-state index contributed by atoms with van der Waals surface area (Å²) in [6.07, 6.45) is 1.39. The normalized spacial score (nSPS) is 16.3. The molecule has 2 aromatic carbocycles. The lowest BCUT2D eigenvalue weighted by molar-refractivity contribution is -0.122. The first kappa shape index (κ1) is 19.9. The van der Waals surface area contributed by atoms with Crippen LogP contribution in [0, 0.1) is 11.3 Å². The smallest absolute Gasteiger partial charge is 0.268 e. The number of anilines is 2. The van der Waals surface area contributed by atoms with Crippen molar-refractivity contribution < 1.29 is 17.9 Å². The van der Waals surface area contributed by atoms with Crippen LogP contribution >= 0.6 is 11.3 Å². The molecule has 0 radical (unpaired) electrons. The van der Waals surface area contributed by atoms with E-state index in [0.29, 0.717) is 30.0 Å². The molecule has 1 atom stereocenters. The van der Waals surface area contributed by atoms with Crippen LogP contribution in [0.5, 0.6) is 5.75 Å². The van der Waals surface area contributed by atoms with Gasteiger partial charge in [-0.1, -0.05) is 0 Å². The molecule has 1 fully saturated rings. The SMILES string of the molecule is N#Cc1ccc(OC2CCN(c3ccc(S(=O)(=O)Nc4nccs4)cc3)C2=O)cc1. The Balaban J connectivity index is 1.44. The molecule has 0 spiro atoms. The number of amides is 1. The third kappa shape index (κ3) is 4.12. The average molecular weight is 441 g/mol. The molecular formula is C20H16N4O4S2. The van der Waals surface area contributed by atoms with Gasteiger partial charge in [0.05, 0.1) is 16.5 Å². The van der Waals surface area contributed by atoms with Gasteiger partial charge in [0.25, 0.3) is 15.9 Å². The number of hydrogen-bond donors (Lipinski definition) is 1. The zero-order valence-corrected chi connectivity index (χ0v) is 17.2. The molecule has 1 N–H and O–H groups in total. The van der Waals surface area contributed by atoms with Crippen molar-refractivity contribution in [1.29, 1.82) is 5.26 Å². The second kappa shape index (κ2) is 8.14. The fraction of sp³-hybridized carbons (Fsp3) is 0.150. The number of ether oxygens (including phenoxy) is 1. The van der Waals surface area contributed by atoms with E-state index in [0.717, 1.165) is 0 Å². The highest BCUT2D eigenvalue weighted by atomic mass is 32.2. The van der Waals surface area contributed by atoms with Crippen LogP contribution in [0.25, 0.3) is 0 Å². The number of sulfonamides is 1. The Kier molecular flexibility index (Phi) is 5.39. The number of benzene rings is 2. The maximum Gasteiger partial charge on any atom is 0.268 e. The summed E-state index contributed by atoms with van der Waals surface area (Å²) in [4.78, 5) is 18.3. The lowest BCUT2D eigenvalue weighted by Gasteiger charge is -2.18. The fourth-order valence-electron chi connectivity index (χ4n) is 3.04. The van der Waals surface area contributed by atoms with E-state index in [4.69, 9.17) is 10.00 Å². The Morgan fingerprint density at radius 1 is 1.17 bits per heavy atom. The molecule has 1 amide bonds. The second-order valence-corrected chi connectivity index (χ2v) is 9.03. The highest BCUT2D eigenvalue weighted by Crippen LogP contribution is 2.27. The van der Waals surface area contributed by atoms with Gasteiger partial charge in [-0.15, -0.1) is 11.3 Å². The van der Waals surface area contributed by atoms with E-state index in [1.54, 1.807) is 46.7 Å². The Morgan fingerprint density at radius 2 is 1.90 bits per heavy atom. The van der Waals surface area contributed by atoms with Gasteiger partial charge in [0.2, 0.25) is 0 Å². The number of nitriles is 1. The third-order valence-corrected chi connectivity index (χ3v) is 6.70. The van der Waals surface area contributed by atoms with Gasteiger partial charge in [-0.25, -0.2) is 13.4 Å². The van der Waals surface area contributed by atoms with Crippen LogP contribution in [-0.4, -0.2) is 32.0 Å². The van der Waals surface area contributed by atoms with Crippen LogP contribution in [0.3, 0.4) is 0 Å². The predicted molar refractivity (Wildman–Crippen MR) is 112 cm³/mol. The summed E-state index contributed by atoms with van der Waals surface area (Å²) in [5, 5.41) is 10.8. The lowest BCUT2D eigenvalue weighted by atomic mass is 10.2. The van der Waals surface area contributed by atoms with Crippen LogP contribution in [0.1, 0.15) is 12.0 Å². The Hall–Kier alpha value is -3.42. The van der Waals surface area contributed by atoms with Gasteiger partial charge in [-0.05, 0) is 48.5 Å². The number of carbonyl (C=O) groups excluding carboxylic acids is 1. The molecule has 1 aliphatic rings. The second-order valence-electron chi connectivity index (χ2n) is 6.46. The number of carbonyl (C=O) groups is 1. The van der Waals surface area contributed by atoms with E-state index in [1.807, 2.05) is 6.07 Å². The quantitative estimate of drug-likeness (QED) is 0.631. The molecular weight excluding hydrogens is 424 g/mol. The predicted octanol–water partition coefficient (Wildman–Crippen LogP) is 3.00. The first-order chi connectivity index (χ1) is 14.5. The van der Waals surface area contributed by atoms with Gasteiger partial charge in [0.1, 0.15) is 5.75 Å². The summed E-state index contributed by atoms with van der Waals surface area (Å²) < 4.78 is 33.0. The molecule has 30 heavy (non-hydrogen) atoms. The van der Waals surface area contributed by atoms with Crippen LogP contribution < -0.4 is 14.4 Å². The highest BCUT2D eigenvalue weighted by molar-refractivity contribution is 7.93. The summed E-state index contributed by atoms with van der Waals surface area (Å²) in [5.41, 5.74) is 1.11. The summed E-state index contributed by atoms with van der Waals surface area (Å²) in [5.74, 6) is 0.319. The van der Waals surface area contributed by atoms with Gasteiger partial charge in [0, 0.05) is 30.2 Å². The molecule has 0 saturated carbocycles. The van der Waals surface area contributed by atoms with Gasteiger partial charge in [-0.3, -0.25) is 9.52 Å². The van der Waals surface area contributed by atoms with Crippen LogP contribution in [0.4, 0.5) is 10.8 Å². The van der Waals surface area contributed by atoms with Crippen molar-refractivity contribution in [3.8, 4) is 11.8 Å². The van der Waals surface area contributed by atoms with E-state index in [-0.39, 0.29) is 15.9 Å². The molecule has 0 bridgehead atoms. The van der Waals surface area contributed by atoms with Gasteiger partial charge in [0.15, 0.2) is 11.2 Å². The van der Waals surface area contributed by atoms with Crippen molar-refractivity contribution in [2.24, 2.45) is 0 Å². The molecule has 3 aromatic rings. The standard InChI is InChI=1S/C20H16N4O4S2/c21-13-14-1-5-16(6-2-14)28-18-9-11-24(19(18)25)15-3-7-17(8-4-15)30(26,27)23-20-22-10-12-29-20/h1-8,10,12,18H,9,11H2,(H,22,23). The van der Waals surface area contributed by atoms with Gasteiger partial charge in [-0.2, -0.15) is 5.26 Å². The van der Waals surface area contributed by atoms with Crippen molar-refractivity contribution in [2.75, 3.05) is 16.2 Å². The molecule has 2 heterocycles. The molecule has 1 aromatic heterocycles. The highest BCUT2D eigenvalue weighted by Gasteiger charge is 2.34. The van der Waals surface area contributed by atoms with Gasteiger partial charge < -0.3 is 9.64 Å². The Bertz CT molecular complexity index is 1190. The van der Waals surface area contributed by atoms with E-state index >= 15 is 0 Å². The number of nitrogens with one attached hydrogen (secondary N) is 1. The largest absolute Gasteiger partial charge is 0.481 e. The van der Waals surface area contributed by atoms with E-state index in [2.05, 4.69) is 9.71 Å². The number of nitrogens with zero attached hydrogens (tertiary/aromatic N) is 3. The molecule has 10 heteroatoms. The maximum atomic E-state index is 12.7. The molecule has 1 unspecified atom stereocenters. The summed E-state index contributed by atoms with van der Waals surface area (Å²) >= 11 is 1.19. The maximum absolute atomic E-state index is 12.7. The molecule has 1 aliphatic heterocycles. The fourth-order valence-corrected chi connectivity index (χ4v) is 4.83. The summed E-state index contributed by atoms with van der Waals surface area (Å²) in [7, 11) is -3.75. The van der Waals surface area contributed by atoms with Crippen molar-refractivity contribution >= 4 is 38.1 Å². The molecule has 152 valence electrons. The van der Waals surface area contributed by atoms with Crippen molar-refractivity contribution in [3.63, 3.8) is 0 Å². The Labute approximate surface area is 177 Å². The third-order valence-electron chi connectivity index (χ3n) is 4.53. The minimum absolute atomic E-state index is 0.0819. The van der Waals surface area contributed by atoms with Crippen LogP contribution in [0.2, 0.25) is 0 Å².